The number of thiazole rings is 1. The molecule has 1 amide bonds. The smallest absolute Gasteiger partial charge is 0.252 e. The Bertz CT molecular complexity index is 1200. The molecule has 4 rings (SSSR count). The number of hydrogen-bond donors (Lipinski definition) is 1. The summed E-state index contributed by atoms with van der Waals surface area (Å²) in [6, 6.07) is 4.16. The Kier molecular flexibility index (Phi) is 5.23. The SMILES string of the molecule is Cc1csc(CNC(=O)c2cc(-c3cc(C)sc3C)nc3c2cnn3C(C)C)n1. The summed E-state index contributed by atoms with van der Waals surface area (Å²) in [5.74, 6) is -0.139. The third-order valence-electron chi connectivity index (χ3n) is 4.68. The number of carbonyl (C=O) groups is 1. The van der Waals surface area contributed by atoms with Gasteiger partial charge < -0.3 is 5.32 Å². The predicted octanol–water partition coefficient (Wildman–Crippen LogP) is 5.05. The Morgan fingerprint density at radius 3 is 2.62 bits per heavy atom. The Hall–Kier alpha value is -2.58. The van der Waals surface area contributed by atoms with Gasteiger partial charge >= 0.3 is 0 Å². The van der Waals surface area contributed by atoms with E-state index >= 15 is 0 Å². The van der Waals surface area contributed by atoms with Crippen molar-refractivity contribution < 1.29 is 4.79 Å². The summed E-state index contributed by atoms with van der Waals surface area (Å²) in [6.07, 6.45) is 1.74. The number of nitrogens with one attached hydrogen (secondary N) is 1. The van der Waals surface area contributed by atoms with Gasteiger partial charge in [-0.1, -0.05) is 0 Å². The zero-order valence-corrected chi connectivity index (χ0v) is 18.7. The lowest BCUT2D eigenvalue weighted by Crippen LogP contribution is -2.23. The van der Waals surface area contributed by atoms with Gasteiger partial charge in [-0.3, -0.25) is 4.79 Å². The number of thiophene rings is 1. The van der Waals surface area contributed by atoms with Crippen LogP contribution in [0.25, 0.3) is 22.3 Å². The van der Waals surface area contributed by atoms with E-state index in [-0.39, 0.29) is 11.9 Å². The summed E-state index contributed by atoms with van der Waals surface area (Å²) in [5.41, 5.74) is 4.16. The summed E-state index contributed by atoms with van der Waals surface area (Å²) >= 11 is 3.29. The van der Waals surface area contributed by atoms with Gasteiger partial charge in [-0.25, -0.2) is 14.6 Å². The summed E-state index contributed by atoms with van der Waals surface area (Å²) in [5, 5.41) is 11.1. The largest absolute Gasteiger partial charge is 0.346 e. The number of aromatic nitrogens is 4. The summed E-state index contributed by atoms with van der Waals surface area (Å²) in [6.45, 7) is 10.7. The van der Waals surface area contributed by atoms with Crippen molar-refractivity contribution in [3.63, 3.8) is 0 Å². The lowest BCUT2D eigenvalue weighted by Gasteiger charge is -2.11. The van der Waals surface area contributed by atoms with Crippen molar-refractivity contribution in [3.8, 4) is 11.3 Å². The first-order chi connectivity index (χ1) is 13.8. The molecule has 0 unspecified atom stereocenters. The topological polar surface area (TPSA) is 72.7 Å². The number of pyridine rings is 1. The summed E-state index contributed by atoms with van der Waals surface area (Å²) in [4.78, 5) is 24.8. The number of aryl methyl sites for hydroxylation is 3. The van der Waals surface area contributed by atoms with Gasteiger partial charge in [-0.15, -0.1) is 22.7 Å². The molecule has 0 bridgehead atoms. The molecule has 0 aromatic carbocycles. The molecule has 4 aromatic rings. The molecular weight excluding hydrogens is 402 g/mol. The monoisotopic (exact) mass is 425 g/mol. The average Bonchev–Trinajstić information content (AvgIpc) is 3.36. The Morgan fingerprint density at radius 2 is 2.00 bits per heavy atom. The fraction of sp³-hybridized carbons (Fsp3) is 0.333. The molecule has 0 atom stereocenters. The normalized spacial score (nSPS) is 11.5. The van der Waals surface area contributed by atoms with Gasteiger partial charge in [0.05, 0.1) is 29.4 Å². The average molecular weight is 426 g/mol. The predicted molar refractivity (Wildman–Crippen MR) is 119 cm³/mol. The van der Waals surface area contributed by atoms with Crippen LogP contribution in [-0.4, -0.2) is 25.7 Å². The van der Waals surface area contributed by atoms with E-state index in [1.54, 1.807) is 28.9 Å². The second-order valence-electron chi connectivity index (χ2n) is 7.37. The Morgan fingerprint density at radius 1 is 1.21 bits per heavy atom. The number of fused-ring (bicyclic) bond motifs is 1. The number of carbonyl (C=O) groups excluding carboxylic acids is 1. The molecule has 6 nitrogen and oxygen atoms in total. The van der Waals surface area contributed by atoms with Crippen molar-refractivity contribution in [2.75, 3.05) is 0 Å². The van der Waals surface area contributed by atoms with Gasteiger partial charge in [-0.2, -0.15) is 5.10 Å². The molecule has 0 fully saturated rings. The van der Waals surface area contributed by atoms with Gasteiger partial charge in [0.1, 0.15) is 5.01 Å². The lowest BCUT2D eigenvalue weighted by molar-refractivity contribution is 0.0952. The van der Waals surface area contributed by atoms with Crippen LogP contribution < -0.4 is 5.32 Å². The highest BCUT2D eigenvalue weighted by atomic mass is 32.1. The molecule has 0 saturated heterocycles. The van der Waals surface area contributed by atoms with Gasteiger partial charge in [-0.05, 0) is 46.8 Å². The molecule has 1 N–H and O–H groups in total. The fourth-order valence-electron chi connectivity index (χ4n) is 3.34. The first-order valence-corrected chi connectivity index (χ1v) is 11.2. The first-order valence-electron chi connectivity index (χ1n) is 9.48. The van der Waals surface area contributed by atoms with Crippen molar-refractivity contribution >= 4 is 39.6 Å². The second-order valence-corrected chi connectivity index (χ2v) is 9.77. The zero-order chi connectivity index (χ0) is 20.7. The summed E-state index contributed by atoms with van der Waals surface area (Å²) < 4.78 is 1.87. The first kappa shape index (κ1) is 19.7. The van der Waals surface area contributed by atoms with E-state index in [9.17, 15) is 4.79 Å². The van der Waals surface area contributed by atoms with Gasteiger partial charge in [0.15, 0.2) is 5.65 Å². The van der Waals surface area contributed by atoms with Crippen LogP contribution in [0, 0.1) is 20.8 Å². The molecule has 4 aromatic heterocycles. The third-order valence-corrected chi connectivity index (χ3v) is 6.62. The minimum Gasteiger partial charge on any atom is -0.346 e. The highest BCUT2D eigenvalue weighted by Gasteiger charge is 2.20. The van der Waals surface area contributed by atoms with Crippen molar-refractivity contribution in [3.05, 3.63) is 49.7 Å². The second kappa shape index (κ2) is 7.68. The van der Waals surface area contributed by atoms with Crippen LogP contribution in [0.3, 0.4) is 0 Å². The molecule has 0 spiro atoms. The molecule has 8 heteroatoms. The van der Waals surface area contributed by atoms with Crippen LogP contribution in [0.2, 0.25) is 0 Å². The standard InChI is InChI=1S/C21H23N5OS2/c1-11(2)26-20-17(8-23-26)16(21(27)22-9-19-24-12(3)10-28-19)7-18(25-20)15-6-13(4)29-14(15)5/h6-8,10-11H,9H2,1-5H3,(H,22,27). The van der Waals surface area contributed by atoms with Crippen LogP contribution >= 0.6 is 22.7 Å². The number of rotatable bonds is 5. The lowest BCUT2D eigenvalue weighted by atomic mass is 10.1. The van der Waals surface area contributed by atoms with Crippen LogP contribution in [-0.2, 0) is 6.54 Å². The highest BCUT2D eigenvalue weighted by Crippen LogP contribution is 2.32. The molecule has 0 aliphatic carbocycles. The molecule has 29 heavy (non-hydrogen) atoms. The van der Waals surface area contributed by atoms with Crippen molar-refractivity contribution in [2.24, 2.45) is 0 Å². The van der Waals surface area contributed by atoms with Crippen LogP contribution in [0.15, 0.2) is 23.7 Å². The van der Waals surface area contributed by atoms with E-state index in [1.807, 2.05) is 23.1 Å². The van der Waals surface area contributed by atoms with Crippen LogP contribution in [0.5, 0.6) is 0 Å². The van der Waals surface area contributed by atoms with E-state index in [4.69, 9.17) is 4.98 Å². The van der Waals surface area contributed by atoms with Crippen molar-refractivity contribution in [1.82, 2.24) is 25.1 Å². The van der Waals surface area contributed by atoms with E-state index < -0.39 is 0 Å². The van der Waals surface area contributed by atoms with Crippen LogP contribution in [0.1, 0.15) is 50.7 Å². The van der Waals surface area contributed by atoms with E-state index in [0.717, 1.165) is 33.0 Å². The highest BCUT2D eigenvalue weighted by molar-refractivity contribution is 7.12. The number of hydrogen-bond acceptors (Lipinski definition) is 6. The van der Waals surface area contributed by atoms with E-state index in [1.165, 1.54) is 9.75 Å². The van der Waals surface area contributed by atoms with Gasteiger partial charge in [0, 0.05) is 32.4 Å². The fourth-order valence-corrected chi connectivity index (χ4v) is 4.99. The van der Waals surface area contributed by atoms with Gasteiger partial charge in [0.2, 0.25) is 0 Å². The van der Waals surface area contributed by atoms with Crippen LogP contribution in [0.4, 0.5) is 0 Å². The molecule has 0 aliphatic rings. The van der Waals surface area contributed by atoms with Crippen molar-refractivity contribution in [2.45, 2.75) is 47.2 Å². The molecule has 150 valence electrons. The Labute approximate surface area is 177 Å². The molecule has 0 saturated carbocycles. The third kappa shape index (κ3) is 3.82. The van der Waals surface area contributed by atoms with E-state index in [0.29, 0.717) is 12.1 Å². The maximum atomic E-state index is 13.1. The number of amides is 1. The molecule has 0 radical (unpaired) electrons. The molecule has 0 aliphatic heterocycles. The van der Waals surface area contributed by atoms with E-state index in [2.05, 4.69) is 49.2 Å². The zero-order valence-electron chi connectivity index (χ0n) is 17.1. The quantitative estimate of drug-likeness (QED) is 0.485. The summed E-state index contributed by atoms with van der Waals surface area (Å²) in [7, 11) is 0. The van der Waals surface area contributed by atoms with Crippen molar-refractivity contribution in [1.29, 1.82) is 0 Å². The minimum absolute atomic E-state index is 0.139. The Balaban J connectivity index is 1.78. The maximum Gasteiger partial charge on any atom is 0.252 e. The maximum absolute atomic E-state index is 13.1. The minimum atomic E-state index is -0.139. The molecule has 4 heterocycles. The number of nitrogens with zero attached hydrogens (tertiary/aromatic N) is 4. The van der Waals surface area contributed by atoms with Gasteiger partial charge in [0.25, 0.3) is 5.91 Å². The molecular formula is C21H23N5OS2.